The highest BCUT2D eigenvalue weighted by Gasteiger charge is 2.20. The first-order valence-electron chi connectivity index (χ1n) is 9.32. The molecule has 6 nitrogen and oxygen atoms in total. The molecule has 0 radical (unpaired) electrons. The molecule has 0 bridgehead atoms. The molecule has 0 atom stereocenters. The van der Waals surface area contributed by atoms with Crippen LogP contribution in [-0.2, 0) is 19.5 Å². The zero-order chi connectivity index (χ0) is 18.8. The first kappa shape index (κ1) is 17.4. The zero-order valence-corrected chi connectivity index (χ0v) is 15.7. The summed E-state index contributed by atoms with van der Waals surface area (Å²) < 4.78 is 7.70. The number of carbonyl (C=O) groups is 1. The fraction of sp³-hybridized carbons (Fsp3) is 0.333. The SMILES string of the molecule is COc1ccccc1-c1c[nH]cc1C(=O)NCc1c(C)nc2n1CCCC2. The van der Waals surface area contributed by atoms with Gasteiger partial charge in [-0.15, -0.1) is 0 Å². The number of nitrogens with zero attached hydrogens (tertiary/aromatic N) is 2. The van der Waals surface area contributed by atoms with E-state index >= 15 is 0 Å². The van der Waals surface area contributed by atoms with Crippen molar-refractivity contribution in [3.63, 3.8) is 0 Å². The standard InChI is InChI=1S/C21H24N4O2/c1-14-18(25-10-6-5-9-20(25)24-14)13-23-21(26)17-12-22-11-16(17)15-7-3-4-8-19(15)27-2/h3-4,7-8,11-12,22H,5-6,9-10,13H2,1-2H3,(H,23,26). The number of methoxy groups -OCH3 is 1. The van der Waals surface area contributed by atoms with Gasteiger partial charge in [-0.1, -0.05) is 18.2 Å². The highest BCUT2D eigenvalue weighted by molar-refractivity contribution is 6.01. The Morgan fingerprint density at radius 2 is 2.11 bits per heavy atom. The molecule has 4 rings (SSSR count). The first-order valence-corrected chi connectivity index (χ1v) is 9.32. The molecule has 0 fully saturated rings. The van der Waals surface area contributed by atoms with Crippen LogP contribution in [0.2, 0.25) is 0 Å². The summed E-state index contributed by atoms with van der Waals surface area (Å²) in [5, 5.41) is 3.07. The second kappa shape index (κ2) is 7.31. The van der Waals surface area contributed by atoms with E-state index < -0.39 is 0 Å². The Balaban J connectivity index is 1.56. The van der Waals surface area contributed by atoms with Gasteiger partial charge in [0.15, 0.2) is 0 Å². The summed E-state index contributed by atoms with van der Waals surface area (Å²) in [5.41, 5.74) is 4.44. The molecule has 1 aliphatic heterocycles. The van der Waals surface area contributed by atoms with Crippen LogP contribution < -0.4 is 10.1 Å². The quantitative estimate of drug-likeness (QED) is 0.728. The number of aromatic nitrogens is 3. The second-order valence-electron chi connectivity index (χ2n) is 6.83. The average molecular weight is 364 g/mol. The monoisotopic (exact) mass is 364 g/mol. The second-order valence-corrected chi connectivity index (χ2v) is 6.83. The maximum atomic E-state index is 12.9. The van der Waals surface area contributed by atoms with E-state index in [0.29, 0.717) is 12.1 Å². The Labute approximate surface area is 158 Å². The normalized spacial score (nSPS) is 13.3. The summed E-state index contributed by atoms with van der Waals surface area (Å²) >= 11 is 0. The lowest BCUT2D eigenvalue weighted by molar-refractivity contribution is 0.0950. The van der Waals surface area contributed by atoms with Crippen molar-refractivity contribution in [2.24, 2.45) is 0 Å². The van der Waals surface area contributed by atoms with Crippen molar-refractivity contribution in [1.82, 2.24) is 19.9 Å². The van der Waals surface area contributed by atoms with Crippen LogP contribution in [0.25, 0.3) is 11.1 Å². The molecule has 27 heavy (non-hydrogen) atoms. The number of H-pyrrole nitrogens is 1. The number of imidazole rings is 1. The van der Waals surface area contributed by atoms with Crippen LogP contribution in [0.4, 0.5) is 0 Å². The van der Waals surface area contributed by atoms with E-state index in [-0.39, 0.29) is 5.91 Å². The van der Waals surface area contributed by atoms with E-state index in [1.54, 1.807) is 13.3 Å². The molecule has 0 saturated heterocycles. The van der Waals surface area contributed by atoms with Gasteiger partial charge in [0.05, 0.1) is 30.6 Å². The van der Waals surface area contributed by atoms with Gasteiger partial charge < -0.3 is 19.6 Å². The number of hydrogen-bond donors (Lipinski definition) is 2. The Morgan fingerprint density at radius 3 is 2.96 bits per heavy atom. The summed E-state index contributed by atoms with van der Waals surface area (Å²) in [6.45, 7) is 3.48. The van der Waals surface area contributed by atoms with Crippen molar-refractivity contribution in [3.05, 3.63) is 59.4 Å². The van der Waals surface area contributed by atoms with Crippen LogP contribution in [-0.4, -0.2) is 27.6 Å². The van der Waals surface area contributed by atoms with E-state index in [0.717, 1.165) is 47.1 Å². The zero-order valence-electron chi connectivity index (χ0n) is 15.7. The van der Waals surface area contributed by atoms with Crippen molar-refractivity contribution in [1.29, 1.82) is 0 Å². The van der Waals surface area contributed by atoms with Gasteiger partial charge in [-0.3, -0.25) is 4.79 Å². The Morgan fingerprint density at radius 1 is 1.26 bits per heavy atom. The Bertz CT molecular complexity index is 970. The lowest BCUT2D eigenvalue weighted by Crippen LogP contribution is -2.25. The smallest absolute Gasteiger partial charge is 0.253 e. The van der Waals surface area contributed by atoms with E-state index in [2.05, 4.69) is 19.9 Å². The van der Waals surface area contributed by atoms with Crippen molar-refractivity contribution < 1.29 is 9.53 Å². The number of carbonyl (C=O) groups excluding carboxylic acids is 1. The molecule has 2 N–H and O–H groups in total. The molecule has 1 amide bonds. The third kappa shape index (κ3) is 3.23. The van der Waals surface area contributed by atoms with Crippen LogP contribution in [0, 0.1) is 6.92 Å². The maximum absolute atomic E-state index is 12.9. The maximum Gasteiger partial charge on any atom is 0.253 e. The summed E-state index contributed by atoms with van der Waals surface area (Å²) in [4.78, 5) is 20.6. The Hall–Kier alpha value is -3.02. The first-order chi connectivity index (χ1) is 13.2. The third-order valence-corrected chi connectivity index (χ3v) is 5.19. The number of fused-ring (bicyclic) bond motifs is 1. The predicted octanol–water partition coefficient (Wildman–Crippen LogP) is 3.46. The van der Waals surface area contributed by atoms with Gasteiger partial charge >= 0.3 is 0 Å². The molecule has 6 heteroatoms. The molecule has 0 unspecified atom stereocenters. The molecule has 1 aliphatic rings. The molecule has 3 aromatic rings. The average Bonchev–Trinajstić information content (AvgIpc) is 3.30. The van der Waals surface area contributed by atoms with Gasteiger partial charge in [-0.25, -0.2) is 4.98 Å². The molecule has 0 saturated carbocycles. The fourth-order valence-electron chi connectivity index (χ4n) is 3.80. The van der Waals surface area contributed by atoms with Crippen LogP contribution in [0.15, 0.2) is 36.7 Å². The van der Waals surface area contributed by atoms with Crippen molar-refractivity contribution >= 4 is 5.91 Å². The van der Waals surface area contributed by atoms with E-state index in [9.17, 15) is 4.79 Å². The number of amides is 1. The summed E-state index contributed by atoms with van der Waals surface area (Å²) in [7, 11) is 1.64. The van der Waals surface area contributed by atoms with Gasteiger partial charge in [0.1, 0.15) is 11.6 Å². The van der Waals surface area contributed by atoms with Gasteiger partial charge in [0.25, 0.3) is 5.91 Å². The van der Waals surface area contributed by atoms with Crippen LogP contribution >= 0.6 is 0 Å². The number of hydrogen-bond acceptors (Lipinski definition) is 3. The minimum Gasteiger partial charge on any atom is -0.496 e. The van der Waals surface area contributed by atoms with Crippen LogP contribution in [0.5, 0.6) is 5.75 Å². The van der Waals surface area contributed by atoms with Gasteiger partial charge in [-0.2, -0.15) is 0 Å². The van der Waals surface area contributed by atoms with Crippen LogP contribution in [0.1, 0.15) is 40.4 Å². The Kier molecular flexibility index (Phi) is 4.71. The van der Waals surface area contributed by atoms with Gasteiger partial charge in [0, 0.05) is 36.5 Å². The minimum atomic E-state index is -0.108. The summed E-state index contributed by atoms with van der Waals surface area (Å²) in [6, 6.07) is 7.71. The molecular weight excluding hydrogens is 340 g/mol. The van der Waals surface area contributed by atoms with E-state index in [1.807, 2.05) is 37.4 Å². The molecule has 3 heterocycles. The highest BCUT2D eigenvalue weighted by atomic mass is 16.5. The summed E-state index contributed by atoms with van der Waals surface area (Å²) in [6.07, 6.45) is 6.94. The molecule has 140 valence electrons. The number of benzene rings is 1. The van der Waals surface area contributed by atoms with E-state index in [4.69, 9.17) is 4.74 Å². The number of ether oxygens (including phenoxy) is 1. The third-order valence-electron chi connectivity index (χ3n) is 5.19. The molecule has 1 aromatic carbocycles. The van der Waals surface area contributed by atoms with Crippen molar-refractivity contribution in [2.75, 3.05) is 7.11 Å². The molecule has 0 spiro atoms. The minimum absolute atomic E-state index is 0.108. The summed E-state index contributed by atoms with van der Waals surface area (Å²) in [5.74, 6) is 1.77. The number of rotatable bonds is 5. The lowest BCUT2D eigenvalue weighted by atomic mass is 10.0. The van der Waals surface area contributed by atoms with Gasteiger partial charge in [0.2, 0.25) is 0 Å². The largest absolute Gasteiger partial charge is 0.496 e. The number of aryl methyl sites for hydroxylation is 2. The number of nitrogens with one attached hydrogen (secondary N) is 2. The van der Waals surface area contributed by atoms with Crippen LogP contribution in [0.3, 0.4) is 0 Å². The topological polar surface area (TPSA) is 71.9 Å². The number of aromatic amines is 1. The molecule has 0 aliphatic carbocycles. The predicted molar refractivity (Wildman–Crippen MR) is 104 cm³/mol. The molecule has 2 aromatic heterocycles. The van der Waals surface area contributed by atoms with Crippen molar-refractivity contribution in [3.8, 4) is 16.9 Å². The van der Waals surface area contributed by atoms with Gasteiger partial charge in [-0.05, 0) is 25.8 Å². The molecular formula is C21H24N4O2. The highest BCUT2D eigenvalue weighted by Crippen LogP contribution is 2.32. The van der Waals surface area contributed by atoms with E-state index in [1.165, 1.54) is 12.8 Å². The number of para-hydroxylation sites is 1. The van der Waals surface area contributed by atoms with Crippen molar-refractivity contribution in [2.45, 2.75) is 39.3 Å². The fourth-order valence-corrected chi connectivity index (χ4v) is 3.80. The lowest BCUT2D eigenvalue weighted by Gasteiger charge is -2.17.